The van der Waals surface area contributed by atoms with Gasteiger partial charge in [-0.25, -0.2) is 0 Å². The highest BCUT2D eigenvalue weighted by molar-refractivity contribution is 5.99. The summed E-state index contributed by atoms with van der Waals surface area (Å²) >= 11 is 0. The number of allylic oxidation sites excluding steroid dienone is 2. The van der Waals surface area contributed by atoms with E-state index in [2.05, 4.69) is 47.9 Å². The Bertz CT molecular complexity index is 1370. The standard InChI is InChI=1S/C39H54N2O4/c1-28-9-8-19-38(2)34(18-20-39(38,45)27-40-21-23-41(24-22-40)35-12-6-7-13-36(35)43)32-17-15-29(25-31(42)16-14-28)26-33(32)37(44)30-10-4-3-5-11-30/h6-7,9,12-13,15,17,26,30-31,34,42-43,45H,3-5,8,10-11,14,16,18-25,27H2,1-2H3/t31-,34-,38-,39+/m0/s1. The van der Waals surface area contributed by atoms with Crippen LogP contribution in [0, 0.1) is 11.3 Å². The van der Waals surface area contributed by atoms with Crippen LogP contribution in [0.15, 0.2) is 54.1 Å². The Morgan fingerprint density at radius 1 is 0.956 bits per heavy atom. The van der Waals surface area contributed by atoms with Gasteiger partial charge in [0.05, 0.1) is 17.4 Å². The van der Waals surface area contributed by atoms with Crippen molar-refractivity contribution < 1.29 is 20.1 Å². The lowest BCUT2D eigenvalue weighted by molar-refractivity contribution is -0.0841. The average molecular weight is 615 g/mol. The van der Waals surface area contributed by atoms with Crippen LogP contribution in [0.4, 0.5) is 5.69 Å². The van der Waals surface area contributed by atoms with Gasteiger partial charge in [0.2, 0.25) is 0 Å². The second kappa shape index (κ2) is 13.6. The lowest BCUT2D eigenvalue weighted by atomic mass is 9.64. The molecule has 1 aliphatic heterocycles. The Labute approximate surface area is 270 Å². The molecule has 3 fully saturated rings. The molecule has 1 saturated heterocycles. The fourth-order valence-electron chi connectivity index (χ4n) is 9.05. The number of hydrogen-bond donors (Lipinski definition) is 3. The van der Waals surface area contributed by atoms with E-state index >= 15 is 0 Å². The number of nitrogens with zero attached hydrogens (tertiary/aromatic N) is 2. The van der Waals surface area contributed by atoms with Gasteiger partial charge >= 0.3 is 0 Å². The number of hydrogen-bond acceptors (Lipinski definition) is 6. The number of aliphatic hydroxyl groups excluding tert-OH is 1. The van der Waals surface area contributed by atoms with Crippen LogP contribution in [-0.4, -0.2) is 70.4 Å². The van der Waals surface area contributed by atoms with Gasteiger partial charge in [-0.05, 0) is 100.0 Å². The summed E-state index contributed by atoms with van der Waals surface area (Å²) in [6.45, 7) is 8.36. The number of carbonyl (C=O) groups is 1. The highest BCUT2D eigenvalue weighted by atomic mass is 16.3. The van der Waals surface area contributed by atoms with Gasteiger partial charge in [0.25, 0.3) is 0 Å². The molecule has 2 saturated carbocycles. The van der Waals surface area contributed by atoms with Gasteiger partial charge in [0, 0.05) is 49.6 Å². The van der Waals surface area contributed by atoms with Crippen molar-refractivity contribution >= 4 is 11.5 Å². The lowest BCUT2D eigenvalue weighted by Gasteiger charge is -2.47. The number of benzene rings is 2. The molecule has 3 N–H and O–H groups in total. The van der Waals surface area contributed by atoms with Gasteiger partial charge in [0.1, 0.15) is 5.75 Å². The van der Waals surface area contributed by atoms with Crippen molar-refractivity contribution in [3.8, 4) is 5.75 Å². The first-order valence-electron chi connectivity index (χ1n) is 17.7. The van der Waals surface area contributed by atoms with Crippen LogP contribution in [0.2, 0.25) is 0 Å². The zero-order valence-electron chi connectivity index (χ0n) is 27.5. The molecule has 4 aliphatic carbocycles. The summed E-state index contributed by atoms with van der Waals surface area (Å²) in [5, 5.41) is 34.0. The van der Waals surface area contributed by atoms with Gasteiger partial charge < -0.3 is 20.2 Å². The SMILES string of the molecule is CC1=CCC[C@@]2(C)[C@@H](CC[C@@]2(O)CN2CCN(c3ccccc3O)CC2)c2ccc(cc2C(=O)C2CCCCC2)C[C@@H](O)CC1. The van der Waals surface area contributed by atoms with Crippen LogP contribution in [0.3, 0.4) is 0 Å². The maximum atomic E-state index is 14.2. The van der Waals surface area contributed by atoms with Gasteiger partial charge in [-0.2, -0.15) is 0 Å². The number of para-hydroxylation sites is 2. The van der Waals surface area contributed by atoms with E-state index in [1.807, 2.05) is 18.2 Å². The molecule has 0 unspecified atom stereocenters. The van der Waals surface area contributed by atoms with E-state index in [9.17, 15) is 20.1 Å². The number of aromatic hydroxyl groups is 1. The first kappa shape index (κ1) is 32.3. The average Bonchev–Trinajstić information content (AvgIpc) is 3.29. The zero-order valence-corrected chi connectivity index (χ0v) is 27.5. The second-order valence-electron chi connectivity index (χ2n) is 14.9. The van der Waals surface area contributed by atoms with Gasteiger partial charge in [-0.3, -0.25) is 9.69 Å². The van der Waals surface area contributed by atoms with Crippen molar-refractivity contribution in [2.75, 3.05) is 37.6 Å². The van der Waals surface area contributed by atoms with Crippen molar-refractivity contribution in [2.45, 2.75) is 109 Å². The van der Waals surface area contributed by atoms with Gasteiger partial charge in [-0.15, -0.1) is 0 Å². The van der Waals surface area contributed by atoms with Crippen LogP contribution in [0.1, 0.15) is 112 Å². The van der Waals surface area contributed by atoms with Crippen LogP contribution in [-0.2, 0) is 6.42 Å². The molecule has 6 nitrogen and oxygen atoms in total. The van der Waals surface area contributed by atoms with E-state index in [0.717, 1.165) is 99.9 Å². The lowest BCUT2D eigenvalue weighted by Crippen LogP contribution is -2.56. The number of ketones is 1. The molecule has 0 amide bonds. The molecular weight excluding hydrogens is 560 g/mol. The molecule has 4 atom stereocenters. The Balaban J connectivity index is 1.30. The second-order valence-corrected chi connectivity index (χ2v) is 14.9. The largest absolute Gasteiger partial charge is 0.506 e. The number of rotatable bonds is 5. The summed E-state index contributed by atoms with van der Waals surface area (Å²) in [6, 6.07) is 14.0. The molecule has 1 heterocycles. The van der Waals surface area contributed by atoms with E-state index in [1.54, 1.807) is 6.07 Å². The molecule has 7 rings (SSSR count). The first-order valence-corrected chi connectivity index (χ1v) is 17.7. The van der Waals surface area contributed by atoms with E-state index in [-0.39, 0.29) is 17.6 Å². The zero-order chi connectivity index (χ0) is 31.6. The first-order chi connectivity index (χ1) is 21.7. The Morgan fingerprint density at radius 3 is 2.47 bits per heavy atom. The number of phenols is 1. The predicted molar refractivity (Wildman–Crippen MR) is 181 cm³/mol. The number of anilines is 1. The summed E-state index contributed by atoms with van der Waals surface area (Å²) < 4.78 is 0. The molecule has 5 aliphatic rings. The Morgan fingerprint density at radius 2 is 1.71 bits per heavy atom. The maximum absolute atomic E-state index is 14.2. The predicted octanol–water partition coefficient (Wildman–Crippen LogP) is 7.02. The molecule has 0 aromatic heterocycles. The minimum Gasteiger partial charge on any atom is -0.506 e. The maximum Gasteiger partial charge on any atom is 0.166 e. The fourth-order valence-corrected chi connectivity index (χ4v) is 9.05. The minimum atomic E-state index is -0.881. The van der Waals surface area contributed by atoms with Crippen LogP contribution < -0.4 is 4.90 Å². The quantitative estimate of drug-likeness (QED) is 0.248. The smallest absolute Gasteiger partial charge is 0.166 e. The summed E-state index contributed by atoms with van der Waals surface area (Å²) in [5.74, 6) is 0.761. The third kappa shape index (κ3) is 6.75. The molecule has 6 heteroatoms. The number of aliphatic hydroxyl groups is 2. The van der Waals surface area contributed by atoms with Crippen molar-refractivity contribution in [1.82, 2.24) is 4.90 Å². The number of β-amino-alcohol motifs (C(OH)–C–C–N with tert-alkyl or cyclic N) is 1. The molecule has 45 heavy (non-hydrogen) atoms. The molecule has 2 bridgehead atoms. The number of piperazine rings is 1. The van der Waals surface area contributed by atoms with Crippen LogP contribution in [0.25, 0.3) is 0 Å². The molecule has 0 radical (unpaired) electrons. The molecule has 2 aromatic carbocycles. The minimum absolute atomic E-state index is 0.0778. The Hall–Kier alpha value is -2.67. The van der Waals surface area contributed by atoms with E-state index in [4.69, 9.17) is 0 Å². The summed E-state index contributed by atoms with van der Waals surface area (Å²) in [5.41, 5.74) is 3.91. The molecule has 244 valence electrons. The van der Waals surface area contributed by atoms with Crippen molar-refractivity contribution in [3.63, 3.8) is 0 Å². The number of fused-ring (bicyclic) bond motifs is 8. The normalized spacial score (nSPS) is 30.5. The van der Waals surface area contributed by atoms with Gasteiger partial charge in [-0.1, -0.05) is 62.1 Å². The number of Topliss-reactive ketones (excluding diaryl/α,β-unsaturated/α-hetero) is 1. The topological polar surface area (TPSA) is 84.2 Å². The highest BCUT2D eigenvalue weighted by Crippen LogP contribution is 2.59. The Kier molecular flexibility index (Phi) is 9.75. The van der Waals surface area contributed by atoms with Crippen LogP contribution >= 0.6 is 0 Å². The third-order valence-electron chi connectivity index (χ3n) is 12.0. The van der Waals surface area contributed by atoms with E-state index in [0.29, 0.717) is 31.6 Å². The monoisotopic (exact) mass is 614 g/mol. The highest BCUT2D eigenvalue weighted by Gasteiger charge is 2.57. The van der Waals surface area contributed by atoms with Crippen LogP contribution in [0.5, 0.6) is 5.75 Å². The number of phenolic OH excluding ortho intramolecular Hbond substituents is 1. The van der Waals surface area contributed by atoms with Crippen molar-refractivity contribution in [2.24, 2.45) is 11.3 Å². The third-order valence-corrected chi connectivity index (χ3v) is 12.0. The van der Waals surface area contributed by atoms with Crippen molar-refractivity contribution in [3.05, 3.63) is 70.8 Å². The fraction of sp³-hybridized carbons (Fsp3) is 0.615. The molecular formula is C39H54N2O4. The van der Waals surface area contributed by atoms with Gasteiger partial charge in [0.15, 0.2) is 5.78 Å². The summed E-state index contributed by atoms with van der Waals surface area (Å²) in [6.07, 6.45) is 12.7. The number of carbonyl (C=O) groups excluding carboxylic acids is 1. The van der Waals surface area contributed by atoms with E-state index < -0.39 is 17.1 Å². The molecule has 2 aromatic rings. The van der Waals surface area contributed by atoms with E-state index in [1.165, 1.54) is 12.0 Å². The molecule has 0 spiro atoms. The summed E-state index contributed by atoms with van der Waals surface area (Å²) in [4.78, 5) is 18.9. The summed E-state index contributed by atoms with van der Waals surface area (Å²) in [7, 11) is 0. The van der Waals surface area contributed by atoms with Crippen molar-refractivity contribution in [1.29, 1.82) is 0 Å².